The van der Waals surface area contributed by atoms with Gasteiger partial charge in [-0.3, -0.25) is 13.9 Å². The lowest BCUT2D eigenvalue weighted by atomic mass is 10.1. The van der Waals surface area contributed by atoms with E-state index in [4.69, 9.17) is 16.3 Å². The Morgan fingerprint density at radius 1 is 1.12 bits per heavy atom. The topological polar surface area (TPSA) is 103 Å². The van der Waals surface area contributed by atoms with Gasteiger partial charge in [-0.15, -0.1) is 0 Å². The molecule has 0 spiro atoms. The molecule has 3 heterocycles. The van der Waals surface area contributed by atoms with Crippen LogP contribution in [0.25, 0.3) is 16.8 Å². The number of fused-ring (bicyclic) bond motifs is 1. The molecule has 0 saturated heterocycles. The molecule has 0 amide bonds. The summed E-state index contributed by atoms with van der Waals surface area (Å²) in [5.41, 5.74) is 2.05. The number of benzene rings is 1. The Morgan fingerprint density at radius 2 is 1.91 bits per heavy atom. The largest absolute Gasteiger partial charge is 0.480 e. The second-order valence-corrected chi connectivity index (χ2v) is 8.83. The fraction of sp³-hybridized carbons (Fsp3) is 0.0952. The molecule has 0 aliphatic heterocycles. The molecule has 0 aliphatic carbocycles. The summed E-state index contributed by atoms with van der Waals surface area (Å²) in [6.07, 6.45) is 2.93. The number of nitrogens with zero attached hydrogens (tertiary/aromatic N) is 3. The number of rotatable bonds is 5. The first kappa shape index (κ1) is 21.7. The Bertz CT molecular complexity index is 1520. The van der Waals surface area contributed by atoms with Gasteiger partial charge in [0.25, 0.3) is 15.6 Å². The minimum atomic E-state index is -4.18. The van der Waals surface area contributed by atoms with E-state index in [1.54, 1.807) is 19.1 Å². The monoisotopic (exact) mass is 474 g/mol. The molecule has 0 atom stereocenters. The number of sulfonamides is 1. The van der Waals surface area contributed by atoms with Gasteiger partial charge in [-0.05, 0) is 43.3 Å². The average Bonchev–Trinajstić information content (AvgIpc) is 2.73. The number of hydrogen-bond donors (Lipinski definition) is 1. The van der Waals surface area contributed by atoms with E-state index in [1.165, 1.54) is 36.0 Å². The summed E-state index contributed by atoms with van der Waals surface area (Å²) in [4.78, 5) is 20.4. The Balaban J connectivity index is 1.82. The second kappa shape index (κ2) is 8.21. The van der Waals surface area contributed by atoms with Crippen molar-refractivity contribution in [1.29, 1.82) is 0 Å². The number of pyridine rings is 2. The van der Waals surface area contributed by atoms with Crippen molar-refractivity contribution in [2.75, 3.05) is 11.8 Å². The van der Waals surface area contributed by atoms with Crippen LogP contribution >= 0.6 is 11.6 Å². The third-order valence-corrected chi connectivity index (χ3v) is 6.63. The fourth-order valence-electron chi connectivity index (χ4n) is 3.31. The van der Waals surface area contributed by atoms with Gasteiger partial charge in [0.05, 0.1) is 12.1 Å². The summed E-state index contributed by atoms with van der Waals surface area (Å²) in [6, 6.07) is 9.28. The summed E-state index contributed by atoms with van der Waals surface area (Å²) in [7, 11) is -2.83. The number of halogens is 2. The molecule has 8 nitrogen and oxygen atoms in total. The molecule has 0 aliphatic rings. The van der Waals surface area contributed by atoms with Crippen LogP contribution in [0.4, 0.5) is 10.1 Å². The quantitative estimate of drug-likeness (QED) is 0.473. The van der Waals surface area contributed by atoms with Crippen LogP contribution in [-0.4, -0.2) is 29.9 Å². The number of methoxy groups -OCH3 is 1. The molecule has 0 saturated carbocycles. The maximum Gasteiger partial charge on any atom is 0.263 e. The molecule has 4 aromatic rings. The molecule has 11 heteroatoms. The molecule has 1 N–H and O–H groups in total. The Morgan fingerprint density at radius 3 is 2.62 bits per heavy atom. The highest BCUT2D eigenvalue weighted by Gasteiger charge is 2.22. The van der Waals surface area contributed by atoms with Crippen LogP contribution in [0.5, 0.6) is 5.88 Å². The average molecular weight is 475 g/mol. The maximum absolute atomic E-state index is 13.3. The van der Waals surface area contributed by atoms with Crippen LogP contribution in [0.15, 0.2) is 64.5 Å². The first-order valence-corrected chi connectivity index (χ1v) is 11.1. The molecule has 0 unspecified atom stereocenters. The zero-order chi connectivity index (χ0) is 23.0. The van der Waals surface area contributed by atoms with Gasteiger partial charge in [0.2, 0.25) is 5.88 Å². The van der Waals surface area contributed by atoms with Crippen molar-refractivity contribution in [3.63, 3.8) is 0 Å². The van der Waals surface area contributed by atoms with Gasteiger partial charge in [-0.1, -0.05) is 11.6 Å². The Hall–Kier alpha value is -3.50. The minimum Gasteiger partial charge on any atom is -0.480 e. The van der Waals surface area contributed by atoms with E-state index in [-0.39, 0.29) is 27.0 Å². The predicted molar refractivity (Wildman–Crippen MR) is 118 cm³/mol. The molecular formula is C21H16ClFN4O4S. The second-order valence-electron chi connectivity index (χ2n) is 6.77. The van der Waals surface area contributed by atoms with E-state index < -0.39 is 15.8 Å². The van der Waals surface area contributed by atoms with Crippen LogP contribution in [0.2, 0.25) is 5.02 Å². The molecule has 164 valence electrons. The number of nitrogens with one attached hydrogen (secondary N) is 1. The number of anilines is 1. The molecular weight excluding hydrogens is 459 g/mol. The lowest BCUT2D eigenvalue weighted by molar-refractivity contribution is 0.400. The standard InChI is InChI=1S/C21H16ClFN4O4S/c1-12-15(4-6-19-24-8-7-20(28)27(12)19)13-9-17(21(31-2)25-11-13)26-32(29,30)18-5-3-14(23)10-16(18)22/h3-11,26H,1-2H3. The normalized spacial score (nSPS) is 11.5. The van der Waals surface area contributed by atoms with Crippen molar-refractivity contribution in [2.24, 2.45) is 0 Å². The molecule has 3 aromatic heterocycles. The number of aromatic nitrogens is 3. The van der Waals surface area contributed by atoms with E-state index in [2.05, 4.69) is 14.7 Å². The summed E-state index contributed by atoms with van der Waals surface area (Å²) >= 11 is 5.93. The molecule has 0 fully saturated rings. The third kappa shape index (κ3) is 3.90. The molecule has 32 heavy (non-hydrogen) atoms. The first-order valence-electron chi connectivity index (χ1n) is 9.21. The van der Waals surface area contributed by atoms with Gasteiger partial charge in [0.15, 0.2) is 0 Å². The first-order chi connectivity index (χ1) is 15.2. The van der Waals surface area contributed by atoms with E-state index >= 15 is 0 Å². The smallest absolute Gasteiger partial charge is 0.263 e. The lowest BCUT2D eigenvalue weighted by Gasteiger charge is -2.15. The Labute approximate surface area is 187 Å². The van der Waals surface area contributed by atoms with Gasteiger partial charge >= 0.3 is 0 Å². The van der Waals surface area contributed by atoms with Crippen LogP contribution in [0.3, 0.4) is 0 Å². The molecule has 4 rings (SSSR count). The SMILES string of the molecule is COc1ncc(-c2ccc3nccc(=O)n3c2C)cc1NS(=O)(=O)c1ccc(F)cc1Cl. The van der Waals surface area contributed by atoms with Crippen molar-refractivity contribution >= 4 is 33.0 Å². The van der Waals surface area contributed by atoms with Gasteiger partial charge < -0.3 is 4.74 Å². The highest BCUT2D eigenvalue weighted by molar-refractivity contribution is 7.92. The lowest BCUT2D eigenvalue weighted by Crippen LogP contribution is -2.16. The van der Waals surface area contributed by atoms with Crippen molar-refractivity contribution in [1.82, 2.24) is 14.4 Å². The van der Waals surface area contributed by atoms with E-state index in [0.29, 0.717) is 22.5 Å². The highest BCUT2D eigenvalue weighted by atomic mass is 35.5. The summed E-state index contributed by atoms with van der Waals surface area (Å²) in [6.45, 7) is 1.75. The van der Waals surface area contributed by atoms with Crippen molar-refractivity contribution < 1.29 is 17.5 Å². The van der Waals surface area contributed by atoms with Crippen LogP contribution in [-0.2, 0) is 10.0 Å². The molecule has 1 aromatic carbocycles. The van der Waals surface area contributed by atoms with Crippen molar-refractivity contribution in [3.8, 4) is 17.0 Å². The fourth-order valence-corrected chi connectivity index (χ4v) is 4.89. The van der Waals surface area contributed by atoms with E-state index in [0.717, 1.165) is 18.2 Å². The van der Waals surface area contributed by atoms with Gasteiger partial charge in [0, 0.05) is 35.3 Å². The minimum absolute atomic E-state index is 0.0211. The summed E-state index contributed by atoms with van der Waals surface area (Å²) in [5.74, 6) is -0.639. The maximum atomic E-state index is 13.3. The van der Waals surface area contributed by atoms with Crippen LogP contribution < -0.4 is 15.0 Å². The van der Waals surface area contributed by atoms with Gasteiger partial charge in [0.1, 0.15) is 22.0 Å². The zero-order valence-electron chi connectivity index (χ0n) is 16.8. The molecule has 0 radical (unpaired) electrons. The van der Waals surface area contributed by atoms with Crippen molar-refractivity contribution in [2.45, 2.75) is 11.8 Å². The summed E-state index contributed by atoms with van der Waals surface area (Å²) in [5, 5.41) is -0.266. The van der Waals surface area contributed by atoms with Crippen LogP contribution in [0, 0.1) is 12.7 Å². The van der Waals surface area contributed by atoms with Crippen LogP contribution in [0.1, 0.15) is 5.69 Å². The zero-order valence-corrected chi connectivity index (χ0v) is 18.4. The van der Waals surface area contributed by atoms with Crippen molar-refractivity contribution in [3.05, 3.63) is 81.7 Å². The van der Waals surface area contributed by atoms with E-state index in [1.807, 2.05) is 0 Å². The summed E-state index contributed by atoms with van der Waals surface area (Å²) < 4.78 is 48.1. The van der Waals surface area contributed by atoms with Gasteiger partial charge in [-0.25, -0.2) is 22.8 Å². The highest BCUT2D eigenvalue weighted by Crippen LogP contribution is 2.32. The molecule has 0 bridgehead atoms. The Kier molecular flexibility index (Phi) is 5.57. The number of hydrogen-bond acceptors (Lipinski definition) is 6. The number of ether oxygens (including phenoxy) is 1. The van der Waals surface area contributed by atoms with E-state index in [9.17, 15) is 17.6 Å². The number of aryl methyl sites for hydroxylation is 1. The van der Waals surface area contributed by atoms with Gasteiger partial charge in [-0.2, -0.15) is 0 Å². The third-order valence-electron chi connectivity index (χ3n) is 4.78. The predicted octanol–water partition coefficient (Wildman–Crippen LogP) is 3.67.